The summed E-state index contributed by atoms with van der Waals surface area (Å²) >= 11 is 0. The summed E-state index contributed by atoms with van der Waals surface area (Å²) in [6.07, 6.45) is 0. The summed E-state index contributed by atoms with van der Waals surface area (Å²) in [5.41, 5.74) is 2.35. The predicted octanol–water partition coefficient (Wildman–Crippen LogP) is 2.01. The number of aromatic nitrogens is 2. The Hall–Kier alpha value is -3.16. The molecule has 26 heavy (non-hydrogen) atoms. The molecule has 1 aliphatic rings. The highest BCUT2D eigenvalue weighted by atomic mass is 16.2. The fourth-order valence-corrected chi connectivity index (χ4v) is 2.56. The van der Waals surface area contributed by atoms with Crippen molar-refractivity contribution in [3.8, 4) is 0 Å². The zero-order valence-corrected chi connectivity index (χ0v) is 14.9. The second-order valence-electron chi connectivity index (χ2n) is 7.21. The number of nitrogens with one attached hydrogen (secondary N) is 3. The van der Waals surface area contributed by atoms with Crippen LogP contribution in [0.1, 0.15) is 42.5 Å². The van der Waals surface area contributed by atoms with Gasteiger partial charge in [0.25, 0.3) is 5.91 Å². The lowest BCUT2D eigenvalue weighted by Crippen LogP contribution is -2.30. The Morgan fingerprint density at radius 3 is 2.65 bits per heavy atom. The van der Waals surface area contributed by atoms with Crippen molar-refractivity contribution in [1.29, 1.82) is 0 Å². The molecule has 0 saturated carbocycles. The molecule has 1 aliphatic heterocycles. The van der Waals surface area contributed by atoms with Crippen LogP contribution in [0.4, 0.5) is 10.5 Å². The lowest BCUT2D eigenvalue weighted by atomic mass is 9.92. The number of anilines is 1. The van der Waals surface area contributed by atoms with E-state index in [1.165, 1.54) is 0 Å². The minimum absolute atomic E-state index is 0.0184. The van der Waals surface area contributed by atoms with Gasteiger partial charge in [-0.3, -0.25) is 19.6 Å². The van der Waals surface area contributed by atoms with E-state index in [0.29, 0.717) is 11.4 Å². The van der Waals surface area contributed by atoms with Crippen LogP contribution in [-0.2, 0) is 16.8 Å². The van der Waals surface area contributed by atoms with Crippen LogP contribution in [0.5, 0.6) is 0 Å². The number of imide groups is 1. The van der Waals surface area contributed by atoms with Crippen molar-refractivity contribution in [2.45, 2.75) is 32.7 Å². The molecule has 0 unspecified atom stereocenters. The molecule has 1 saturated heterocycles. The van der Waals surface area contributed by atoms with E-state index in [4.69, 9.17) is 0 Å². The molecule has 1 aromatic heterocycles. The van der Waals surface area contributed by atoms with Crippen molar-refractivity contribution >= 4 is 23.5 Å². The van der Waals surface area contributed by atoms with Crippen molar-refractivity contribution in [3.05, 3.63) is 47.3 Å². The Balaban J connectivity index is 1.70. The summed E-state index contributed by atoms with van der Waals surface area (Å²) in [7, 11) is 0. The molecular formula is C18H21N5O3. The molecular weight excluding hydrogens is 334 g/mol. The molecule has 2 aromatic rings. The number of benzene rings is 1. The van der Waals surface area contributed by atoms with E-state index in [1.54, 1.807) is 30.3 Å². The standard InChI is InChI=1S/C18H21N5O3/c1-18(2,3)14-8-13(21-22-14)16(25)20-12-6-4-5-11(7-12)10-23-15(24)9-19-17(23)26/h4-8H,9-10H2,1-3H3,(H,19,26)(H,20,25)(H,21,22). The lowest BCUT2D eigenvalue weighted by Gasteiger charge is -2.14. The van der Waals surface area contributed by atoms with E-state index in [-0.39, 0.29) is 30.3 Å². The molecule has 1 aromatic carbocycles. The lowest BCUT2D eigenvalue weighted by molar-refractivity contribution is -0.125. The fourth-order valence-electron chi connectivity index (χ4n) is 2.56. The SMILES string of the molecule is CC(C)(C)c1cc(C(=O)Nc2cccc(CN3C(=O)CNC3=O)c2)n[nH]1. The number of nitrogens with zero attached hydrogens (tertiary/aromatic N) is 2. The molecule has 136 valence electrons. The van der Waals surface area contributed by atoms with Crippen LogP contribution < -0.4 is 10.6 Å². The van der Waals surface area contributed by atoms with E-state index in [1.807, 2.05) is 20.8 Å². The average Bonchev–Trinajstić information content (AvgIpc) is 3.18. The maximum Gasteiger partial charge on any atom is 0.324 e. The Labute approximate surface area is 151 Å². The molecule has 0 radical (unpaired) electrons. The van der Waals surface area contributed by atoms with Gasteiger partial charge in [-0.25, -0.2) is 4.79 Å². The van der Waals surface area contributed by atoms with E-state index >= 15 is 0 Å². The van der Waals surface area contributed by atoms with E-state index < -0.39 is 6.03 Å². The van der Waals surface area contributed by atoms with Crippen molar-refractivity contribution in [3.63, 3.8) is 0 Å². The average molecular weight is 355 g/mol. The van der Waals surface area contributed by atoms with Crippen molar-refractivity contribution in [2.24, 2.45) is 0 Å². The molecule has 2 heterocycles. The zero-order chi connectivity index (χ0) is 18.9. The highest BCUT2D eigenvalue weighted by Crippen LogP contribution is 2.21. The number of amides is 4. The smallest absolute Gasteiger partial charge is 0.324 e. The van der Waals surface area contributed by atoms with Crippen LogP contribution in [0.3, 0.4) is 0 Å². The summed E-state index contributed by atoms with van der Waals surface area (Å²) in [6, 6.07) is 8.34. The van der Waals surface area contributed by atoms with Crippen LogP contribution in [0, 0.1) is 0 Å². The molecule has 3 N–H and O–H groups in total. The third-order valence-electron chi connectivity index (χ3n) is 4.08. The normalized spacial score (nSPS) is 14.5. The van der Waals surface area contributed by atoms with Crippen molar-refractivity contribution < 1.29 is 14.4 Å². The number of carbonyl (C=O) groups is 3. The Morgan fingerprint density at radius 2 is 2.04 bits per heavy atom. The topological polar surface area (TPSA) is 107 Å². The maximum absolute atomic E-state index is 12.4. The maximum atomic E-state index is 12.4. The van der Waals surface area contributed by atoms with Gasteiger partial charge in [0, 0.05) is 16.8 Å². The first-order chi connectivity index (χ1) is 12.2. The van der Waals surface area contributed by atoms with Gasteiger partial charge in [0.1, 0.15) is 0 Å². The molecule has 3 rings (SSSR count). The summed E-state index contributed by atoms with van der Waals surface area (Å²) < 4.78 is 0. The van der Waals surface area contributed by atoms with Gasteiger partial charge < -0.3 is 10.6 Å². The number of carbonyl (C=O) groups excluding carboxylic acids is 3. The number of urea groups is 1. The van der Waals surface area contributed by atoms with Gasteiger partial charge in [-0.1, -0.05) is 32.9 Å². The van der Waals surface area contributed by atoms with Gasteiger partial charge in [0.15, 0.2) is 5.69 Å². The number of rotatable bonds is 4. The second-order valence-corrected chi connectivity index (χ2v) is 7.21. The van der Waals surface area contributed by atoms with E-state index in [9.17, 15) is 14.4 Å². The Morgan fingerprint density at radius 1 is 1.27 bits per heavy atom. The van der Waals surface area contributed by atoms with E-state index in [2.05, 4.69) is 20.8 Å². The molecule has 1 fully saturated rings. The second kappa shape index (κ2) is 6.62. The van der Waals surface area contributed by atoms with Crippen LogP contribution in [0.15, 0.2) is 30.3 Å². The number of hydrogen-bond donors (Lipinski definition) is 3. The third-order valence-corrected chi connectivity index (χ3v) is 4.08. The largest absolute Gasteiger partial charge is 0.329 e. The quantitative estimate of drug-likeness (QED) is 0.729. The summed E-state index contributed by atoms with van der Waals surface area (Å²) in [5.74, 6) is -0.598. The summed E-state index contributed by atoms with van der Waals surface area (Å²) in [6.45, 7) is 6.26. The Kier molecular flexibility index (Phi) is 4.50. The monoisotopic (exact) mass is 355 g/mol. The molecule has 0 spiro atoms. The molecule has 0 aliphatic carbocycles. The first kappa shape index (κ1) is 17.7. The van der Waals surface area contributed by atoms with Gasteiger partial charge in [0.05, 0.1) is 13.1 Å². The van der Waals surface area contributed by atoms with Crippen LogP contribution in [0.25, 0.3) is 0 Å². The number of hydrogen-bond acceptors (Lipinski definition) is 4. The molecule has 4 amide bonds. The minimum Gasteiger partial charge on any atom is -0.329 e. The van der Waals surface area contributed by atoms with Crippen molar-refractivity contribution in [1.82, 2.24) is 20.4 Å². The van der Waals surface area contributed by atoms with Crippen LogP contribution in [-0.4, -0.2) is 39.5 Å². The fraction of sp³-hybridized carbons (Fsp3) is 0.333. The molecule has 0 bridgehead atoms. The number of H-pyrrole nitrogens is 1. The zero-order valence-electron chi connectivity index (χ0n) is 14.9. The van der Waals surface area contributed by atoms with Gasteiger partial charge >= 0.3 is 6.03 Å². The third kappa shape index (κ3) is 3.74. The molecule has 8 nitrogen and oxygen atoms in total. The molecule has 8 heteroatoms. The van der Waals surface area contributed by atoms with Crippen LogP contribution >= 0.6 is 0 Å². The number of aromatic amines is 1. The van der Waals surface area contributed by atoms with Gasteiger partial charge in [-0.2, -0.15) is 5.10 Å². The van der Waals surface area contributed by atoms with Gasteiger partial charge in [-0.05, 0) is 23.8 Å². The predicted molar refractivity (Wildman–Crippen MR) is 95.6 cm³/mol. The summed E-state index contributed by atoms with van der Waals surface area (Å²) in [4.78, 5) is 36.8. The van der Waals surface area contributed by atoms with Gasteiger partial charge in [0.2, 0.25) is 5.91 Å². The highest BCUT2D eigenvalue weighted by Gasteiger charge is 2.28. The molecule has 0 atom stereocenters. The van der Waals surface area contributed by atoms with Crippen molar-refractivity contribution in [2.75, 3.05) is 11.9 Å². The first-order valence-electron chi connectivity index (χ1n) is 8.28. The minimum atomic E-state index is -0.407. The highest BCUT2D eigenvalue weighted by molar-refractivity contribution is 6.03. The Bertz CT molecular complexity index is 850. The summed E-state index contributed by atoms with van der Waals surface area (Å²) in [5, 5.41) is 12.2. The van der Waals surface area contributed by atoms with Crippen LogP contribution in [0.2, 0.25) is 0 Å². The van der Waals surface area contributed by atoms with E-state index in [0.717, 1.165) is 16.2 Å². The van der Waals surface area contributed by atoms with Gasteiger partial charge in [-0.15, -0.1) is 0 Å². The first-order valence-corrected chi connectivity index (χ1v) is 8.28.